The van der Waals surface area contributed by atoms with Crippen molar-refractivity contribution in [2.75, 3.05) is 38.8 Å². The summed E-state index contributed by atoms with van der Waals surface area (Å²) in [5.41, 5.74) is 3.15. The lowest BCUT2D eigenvalue weighted by atomic mass is 10.0. The van der Waals surface area contributed by atoms with Gasteiger partial charge in [-0.3, -0.25) is 25.2 Å². The van der Waals surface area contributed by atoms with Crippen molar-refractivity contribution >= 4 is 17.6 Å². The quantitative estimate of drug-likeness (QED) is 0.424. The van der Waals surface area contributed by atoms with E-state index in [4.69, 9.17) is 9.47 Å². The molecule has 0 unspecified atom stereocenters. The van der Waals surface area contributed by atoms with Gasteiger partial charge in [0.1, 0.15) is 6.04 Å². The smallest absolute Gasteiger partial charge is 0.318 e. The van der Waals surface area contributed by atoms with Crippen LogP contribution in [0.2, 0.25) is 0 Å². The molecule has 0 aromatic heterocycles. The molecule has 1 fully saturated rings. The third-order valence-electron chi connectivity index (χ3n) is 4.00. The van der Waals surface area contributed by atoms with E-state index in [2.05, 4.69) is 16.2 Å². The van der Waals surface area contributed by atoms with Gasteiger partial charge in [-0.25, -0.2) is 4.79 Å². The number of morpholine rings is 1. The van der Waals surface area contributed by atoms with Gasteiger partial charge in [0.15, 0.2) is 11.4 Å². The molecule has 0 aliphatic carbocycles. The molecule has 0 spiro atoms. The molecule has 0 bridgehead atoms. The fourth-order valence-corrected chi connectivity index (χ4v) is 2.60. The van der Waals surface area contributed by atoms with E-state index < -0.39 is 22.8 Å². The second-order valence-electron chi connectivity index (χ2n) is 6.41. The maximum atomic E-state index is 12.4. The molecule has 1 heterocycles. The summed E-state index contributed by atoms with van der Waals surface area (Å²) in [5.74, 6) is -0.500. The number of carbonyl (C=O) groups excluding carboxylic acids is 2. The standard InChI is InChI=1S/C16H24N4O6/c1-9(2)8-10(17-16(24)20-4-6-26-7-5-20)15(23)19-18-11-12(21)13(22)14(11)25-3/h9-10,18H,4-8H2,1-3H3,(H,17,24)(H,19,23)/t10-/m0/s1. The lowest BCUT2D eigenvalue weighted by Gasteiger charge is -2.29. The van der Waals surface area contributed by atoms with Crippen LogP contribution in [0.4, 0.5) is 10.5 Å². The fourth-order valence-electron chi connectivity index (χ4n) is 2.60. The summed E-state index contributed by atoms with van der Waals surface area (Å²) in [7, 11) is 1.26. The Kier molecular flexibility index (Phi) is 6.56. The van der Waals surface area contributed by atoms with Crippen LogP contribution in [0, 0.1) is 5.92 Å². The van der Waals surface area contributed by atoms with Crippen LogP contribution >= 0.6 is 0 Å². The molecule has 26 heavy (non-hydrogen) atoms. The zero-order chi connectivity index (χ0) is 19.3. The summed E-state index contributed by atoms with van der Waals surface area (Å²) >= 11 is 0. The number of hydrogen-bond donors (Lipinski definition) is 3. The van der Waals surface area contributed by atoms with E-state index in [0.717, 1.165) is 0 Å². The van der Waals surface area contributed by atoms with E-state index in [1.165, 1.54) is 7.11 Å². The molecule has 144 valence electrons. The molecule has 3 N–H and O–H groups in total. The highest BCUT2D eigenvalue weighted by Crippen LogP contribution is 2.15. The molecular weight excluding hydrogens is 344 g/mol. The third kappa shape index (κ3) is 4.51. The van der Waals surface area contributed by atoms with Crippen molar-refractivity contribution in [3.63, 3.8) is 0 Å². The molecule has 1 aromatic carbocycles. The molecule has 1 saturated heterocycles. The second-order valence-corrected chi connectivity index (χ2v) is 6.41. The Morgan fingerprint density at radius 2 is 1.85 bits per heavy atom. The van der Waals surface area contributed by atoms with Gasteiger partial charge in [0, 0.05) is 13.1 Å². The molecule has 3 amide bonds. The third-order valence-corrected chi connectivity index (χ3v) is 4.00. The number of hydrogen-bond acceptors (Lipinski definition) is 7. The monoisotopic (exact) mass is 368 g/mol. The van der Waals surface area contributed by atoms with E-state index in [-0.39, 0.29) is 23.4 Å². The van der Waals surface area contributed by atoms with E-state index in [0.29, 0.717) is 32.7 Å². The fraction of sp³-hybridized carbons (Fsp3) is 0.625. The van der Waals surface area contributed by atoms with Gasteiger partial charge in [0.2, 0.25) is 0 Å². The predicted molar refractivity (Wildman–Crippen MR) is 93.8 cm³/mol. The van der Waals surface area contributed by atoms with Crippen LogP contribution in [-0.2, 0) is 9.53 Å². The summed E-state index contributed by atoms with van der Waals surface area (Å²) in [6, 6.07) is -1.14. The molecule has 2 rings (SSSR count). The number of nitrogens with one attached hydrogen (secondary N) is 3. The predicted octanol–water partition coefficient (Wildman–Crippen LogP) is -0.809. The summed E-state index contributed by atoms with van der Waals surface area (Å²) in [6.07, 6.45) is 0.409. The minimum absolute atomic E-state index is 0.103. The Balaban J connectivity index is 1.97. The van der Waals surface area contributed by atoms with Crippen molar-refractivity contribution in [2.24, 2.45) is 5.92 Å². The zero-order valence-electron chi connectivity index (χ0n) is 15.1. The van der Waals surface area contributed by atoms with Crippen molar-refractivity contribution < 1.29 is 19.1 Å². The molecule has 1 aliphatic heterocycles. The van der Waals surface area contributed by atoms with Gasteiger partial charge in [0.25, 0.3) is 16.8 Å². The minimum Gasteiger partial charge on any atom is -0.490 e. The molecule has 0 radical (unpaired) electrons. The first-order valence-corrected chi connectivity index (χ1v) is 8.41. The van der Waals surface area contributed by atoms with Gasteiger partial charge in [-0.2, -0.15) is 0 Å². The SMILES string of the molecule is COc1c(NNC(=O)[C@H](CC(C)C)NC(=O)N2CCOCC2)c(=O)c1=O. The largest absolute Gasteiger partial charge is 0.490 e. The number of methoxy groups -OCH3 is 1. The Morgan fingerprint density at radius 1 is 1.19 bits per heavy atom. The number of hydrazine groups is 1. The van der Waals surface area contributed by atoms with Crippen LogP contribution in [-0.4, -0.2) is 56.3 Å². The van der Waals surface area contributed by atoms with Crippen LogP contribution < -0.4 is 31.8 Å². The van der Waals surface area contributed by atoms with Gasteiger partial charge in [-0.15, -0.1) is 0 Å². The highest BCUT2D eigenvalue weighted by atomic mass is 16.5. The van der Waals surface area contributed by atoms with E-state index in [1.807, 2.05) is 13.8 Å². The lowest BCUT2D eigenvalue weighted by Crippen LogP contribution is -2.55. The molecule has 10 nitrogen and oxygen atoms in total. The molecular formula is C16H24N4O6. The van der Waals surface area contributed by atoms with Gasteiger partial charge in [-0.1, -0.05) is 13.8 Å². The number of carbonyl (C=O) groups is 2. The van der Waals surface area contributed by atoms with Crippen molar-refractivity contribution in [1.29, 1.82) is 0 Å². The van der Waals surface area contributed by atoms with Crippen molar-refractivity contribution in [2.45, 2.75) is 26.3 Å². The number of amides is 3. The highest BCUT2D eigenvalue weighted by molar-refractivity contribution is 5.88. The van der Waals surface area contributed by atoms with Crippen LogP contribution in [0.15, 0.2) is 9.59 Å². The summed E-state index contributed by atoms with van der Waals surface area (Å²) < 4.78 is 9.99. The first-order valence-electron chi connectivity index (χ1n) is 8.41. The topological polar surface area (TPSA) is 126 Å². The first-order chi connectivity index (χ1) is 12.3. The summed E-state index contributed by atoms with van der Waals surface area (Å²) in [6.45, 7) is 5.68. The number of anilines is 1. The molecule has 10 heteroatoms. The summed E-state index contributed by atoms with van der Waals surface area (Å²) in [4.78, 5) is 49.1. The Morgan fingerprint density at radius 3 is 2.42 bits per heavy atom. The van der Waals surface area contributed by atoms with Crippen molar-refractivity contribution in [3.8, 4) is 5.75 Å². The van der Waals surface area contributed by atoms with Crippen LogP contribution in [0.3, 0.4) is 0 Å². The van der Waals surface area contributed by atoms with Gasteiger partial charge in [-0.05, 0) is 12.3 Å². The number of urea groups is 1. The Bertz CT molecular complexity index is 719. The molecule has 1 aliphatic rings. The minimum atomic E-state index is -0.796. The summed E-state index contributed by atoms with van der Waals surface area (Å²) in [5, 5.41) is 2.70. The molecule has 0 saturated carbocycles. The number of ether oxygens (including phenoxy) is 2. The van der Waals surface area contributed by atoms with E-state index in [1.54, 1.807) is 4.90 Å². The van der Waals surface area contributed by atoms with Gasteiger partial charge < -0.3 is 19.7 Å². The second kappa shape index (κ2) is 8.65. The maximum Gasteiger partial charge on any atom is 0.318 e. The van der Waals surface area contributed by atoms with E-state index >= 15 is 0 Å². The molecule has 1 aromatic rings. The van der Waals surface area contributed by atoms with Crippen molar-refractivity contribution in [3.05, 3.63) is 20.4 Å². The van der Waals surface area contributed by atoms with Crippen LogP contribution in [0.5, 0.6) is 5.75 Å². The van der Waals surface area contributed by atoms with Gasteiger partial charge in [0.05, 0.1) is 20.3 Å². The molecule has 1 atom stereocenters. The van der Waals surface area contributed by atoms with Crippen molar-refractivity contribution in [1.82, 2.24) is 15.6 Å². The van der Waals surface area contributed by atoms with E-state index in [9.17, 15) is 19.2 Å². The highest BCUT2D eigenvalue weighted by Gasteiger charge is 2.27. The Labute approximate surface area is 150 Å². The van der Waals surface area contributed by atoms with Gasteiger partial charge >= 0.3 is 6.03 Å². The number of nitrogens with zero attached hydrogens (tertiary/aromatic N) is 1. The van der Waals surface area contributed by atoms with Crippen LogP contribution in [0.25, 0.3) is 0 Å². The first kappa shape index (κ1) is 19.7. The average molecular weight is 368 g/mol. The average Bonchev–Trinajstić information content (AvgIpc) is 2.63. The number of rotatable bonds is 7. The normalized spacial score (nSPS) is 15.6. The lowest BCUT2D eigenvalue weighted by molar-refractivity contribution is -0.122. The zero-order valence-corrected chi connectivity index (χ0v) is 15.1. The van der Waals surface area contributed by atoms with Crippen LogP contribution in [0.1, 0.15) is 20.3 Å². The Hall–Kier alpha value is -2.62. The maximum absolute atomic E-state index is 12.4.